The number of amides is 1. The molecule has 0 atom stereocenters. The van der Waals surface area contributed by atoms with Crippen molar-refractivity contribution in [3.63, 3.8) is 0 Å². The fraction of sp³-hybridized carbons (Fsp3) is 0.200. The van der Waals surface area contributed by atoms with Crippen LogP contribution in [0.4, 0.5) is 8.78 Å². The Balaban J connectivity index is 1.54. The molecule has 1 aromatic heterocycles. The molecule has 1 heterocycles. The lowest BCUT2D eigenvalue weighted by Gasteiger charge is -2.04. The van der Waals surface area contributed by atoms with Crippen molar-refractivity contribution >= 4 is 5.91 Å². The topological polar surface area (TPSA) is 55.1 Å². The normalized spacial score (nSPS) is 10.7. The molecule has 0 bridgehead atoms. The van der Waals surface area contributed by atoms with Gasteiger partial charge in [0, 0.05) is 18.5 Å². The standard InChI is InChI=1S/C20H18F2N2O2/c1-13-18(24-20(26-13)15-4-8-17(22)9-5-15)10-11-23-19(25)12-14-2-6-16(21)7-3-14/h2-9H,10-12H2,1H3,(H,23,25). The van der Waals surface area contributed by atoms with E-state index in [1.807, 2.05) is 0 Å². The number of carbonyl (C=O) groups excluding carboxylic acids is 1. The molecule has 0 aliphatic rings. The van der Waals surface area contributed by atoms with E-state index >= 15 is 0 Å². The number of aryl methyl sites for hydroxylation is 1. The highest BCUT2D eigenvalue weighted by molar-refractivity contribution is 5.78. The van der Waals surface area contributed by atoms with Gasteiger partial charge in [-0.25, -0.2) is 13.8 Å². The second-order valence-electron chi connectivity index (χ2n) is 5.93. The Bertz CT molecular complexity index is 887. The van der Waals surface area contributed by atoms with Gasteiger partial charge >= 0.3 is 0 Å². The van der Waals surface area contributed by atoms with Gasteiger partial charge in [0.1, 0.15) is 17.4 Å². The Kier molecular flexibility index (Phi) is 5.41. The molecule has 3 rings (SSSR count). The SMILES string of the molecule is Cc1oc(-c2ccc(F)cc2)nc1CCNC(=O)Cc1ccc(F)cc1. The van der Waals surface area contributed by atoms with E-state index in [1.54, 1.807) is 31.2 Å². The third-order valence-corrected chi connectivity index (χ3v) is 3.95. The molecule has 0 saturated carbocycles. The van der Waals surface area contributed by atoms with E-state index < -0.39 is 0 Å². The monoisotopic (exact) mass is 356 g/mol. The quantitative estimate of drug-likeness (QED) is 0.730. The van der Waals surface area contributed by atoms with E-state index in [2.05, 4.69) is 10.3 Å². The molecule has 0 saturated heterocycles. The molecule has 2 aromatic carbocycles. The third-order valence-electron chi connectivity index (χ3n) is 3.95. The van der Waals surface area contributed by atoms with Crippen molar-refractivity contribution in [2.75, 3.05) is 6.54 Å². The van der Waals surface area contributed by atoms with E-state index in [4.69, 9.17) is 4.42 Å². The molecule has 1 amide bonds. The summed E-state index contributed by atoms with van der Waals surface area (Å²) in [4.78, 5) is 16.4. The van der Waals surface area contributed by atoms with Crippen LogP contribution in [-0.2, 0) is 17.6 Å². The molecular weight excluding hydrogens is 338 g/mol. The maximum atomic E-state index is 13.0. The Morgan fingerprint density at radius 2 is 1.65 bits per heavy atom. The van der Waals surface area contributed by atoms with Crippen molar-refractivity contribution in [3.05, 3.63) is 77.2 Å². The summed E-state index contributed by atoms with van der Waals surface area (Å²) in [5, 5.41) is 2.81. The number of hydrogen-bond acceptors (Lipinski definition) is 3. The number of halogens is 2. The summed E-state index contributed by atoms with van der Waals surface area (Å²) in [5.74, 6) is 0.303. The summed E-state index contributed by atoms with van der Waals surface area (Å²) in [5.41, 5.74) is 2.19. The lowest BCUT2D eigenvalue weighted by molar-refractivity contribution is -0.120. The molecule has 6 heteroatoms. The van der Waals surface area contributed by atoms with E-state index in [9.17, 15) is 13.6 Å². The van der Waals surface area contributed by atoms with Crippen molar-refractivity contribution < 1.29 is 18.0 Å². The van der Waals surface area contributed by atoms with Gasteiger partial charge in [-0.2, -0.15) is 0 Å². The van der Waals surface area contributed by atoms with Crippen LogP contribution in [0.15, 0.2) is 52.9 Å². The van der Waals surface area contributed by atoms with Crippen LogP contribution >= 0.6 is 0 Å². The summed E-state index contributed by atoms with van der Waals surface area (Å²) < 4.78 is 31.5. The minimum atomic E-state index is -0.326. The van der Waals surface area contributed by atoms with Gasteiger partial charge in [-0.15, -0.1) is 0 Å². The molecule has 0 aliphatic carbocycles. The maximum Gasteiger partial charge on any atom is 0.226 e. The minimum absolute atomic E-state index is 0.142. The van der Waals surface area contributed by atoms with Crippen molar-refractivity contribution in [1.82, 2.24) is 10.3 Å². The highest BCUT2D eigenvalue weighted by Crippen LogP contribution is 2.22. The Morgan fingerprint density at radius 1 is 1.04 bits per heavy atom. The number of carbonyl (C=O) groups is 1. The number of hydrogen-bond donors (Lipinski definition) is 1. The molecule has 0 aliphatic heterocycles. The molecular formula is C20H18F2N2O2. The minimum Gasteiger partial charge on any atom is -0.441 e. The fourth-order valence-corrected chi connectivity index (χ4v) is 2.55. The van der Waals surface area contributed by atoms with Crippen LogP contribution in [0.25, 0.3) is 11.5 Å². The Morgan fingerprint density at radius 3 is 2.31 bits per heavy atom. The summed E-state index contributed by atoms with van der Waals surface area (Å²) in [6, 6.07) is 11.8. The van der Waals surface area contributed by atoms with Gasteiger partial charge in [-0.1, -0.05) is 12.1 Å². The van der Waals surface area contributed by atoms with Gasteiger partial charge in [0.05, 0.1) is 12.1 Å². The largest absolute Gasteiger partial charge is 0.441 e. The summed E-state index contributed by atoms with van der Waals surface area (Å²) in [7, 11) is 0. The lowest BCUT2D eigenvalue weighted by atomic mass is 10.1. The zero-order valence-electron chi connectivity index (χ0n) is 14.3. The summed E-state index contributed by atoms with van der Waals surface area (Å²) >= 11 is 0. The lowest BCUT2D eigenvalue weighted by Crippen LogP contribution is -2.27. The number of benzene rings is 2. The first-order valence-corrected chi connectivity index (χ1v) is 8.24. The zero-order chi connectivity index (χ0) is 18.5. The molecule has 3 aromatic rings. The van der Waals surface area contributed by atoms with Crippen molar-refractivity contribution in [3.8, 4) is 11.5 Å². The van der Waals surface area contributed by atoms with Gasteiger partial charge in [-0.05, 0) is 48.9 Å². The van der Waals surface area contributed by atoms with E-state index in [1.165, 1.54) is 24.3 Å². The first kappa shape index (κ1) is 17.8. The van der Waals surface area contributed by atoms with Crippen LogP contribution in [-0.4, -0.2) is 17.4 Å². The van der Waals surface area contributed by atoms with Crippen molar-refractivity contribution in [2.24, 2.45) is 0 Å². The number of nitrogens with zero attached hydrogens (tertiary/aromatic N) is 1. The number of rotatable bonds is 6. The van der Waals surface area contributed by atoms with Crippen molar-refractivity contribution in [2.45, 2.75) is 19.8 Å². The molecule has 134 valence electrons. The van der Waals surface area contributed by atoms with Gasteiger partial charge in [-0.3, -0.25) is 4.79 Å². The molecule has 0 fully saturated rings. The van der Waals surface area contributed by atoms with Crippen LogP contribution in [0, 0.1) is 18.6 Å². The predicted molar refractivity (Wildman–Crippen MR) is 93.5 cm³/mol. The highest BCUT2D eigenvalue weighted by atomic mass is 19.1. The van der Waals surface area contributed by atoms with Crippen LogP contribution in [0.2, 0.25) is 0 Å². The highest BCUT2D eigenvalue weighted by Gasteiger charge is 2.12. The average Bonchev–Trinajstić information content (AvgIpc) is 2.98. The van der Waals surface area contributed by atoms with Crippen LogP contribution in [0.1, 0.15) is 17.0 Å². The second kappa shape index (κ2) is 7.91. The van der Waals surface area contributed by atoms with Gasteiger partial charge in [0.25, 0.3) is 0 Å². The zero-order valence-corrected chi connectivity index (χ0v) is 14.3. The molecule has 0 radical (unpaired) electrons. The van der Waals surface area contributed by atoms with Gasteiger partial charge < -0.3 is 9.73 Å². The second-order valence-corrected chi connectivity index (χ2v) is 5.93. The van der Waals surface area contributed by atoms with Crippen molar-refractivity contribution in [1.29, 1.82) is 0 Å². The first-order chi connectivity index (χ1) is 12.5. The predicted octanol–water partition coefficient (Wildman–Crippen LogP) is 3.83. The summed E-state index contributed by atoms with van der Waals surface area (Å²) in [6.07, 6.45) is 0.713. The number of nitrogens with one attached hydrogen (secondary N) is 1. The van der Waals surface area contributed by atoms with E-state index in [0.29, 0.717) is 30.2 Å². The van der Waals surface area contributed by atoms with Gasteiger partial charge in [0.15, 0.2) is 0 Å². The van der Waals surface area contributed by atoms with Crippen LogP contribution < -0.4 is 5.32 Å². The molecule has 0 spiro atoms. The van der Waals surface area contributed by atoms with E-state index in [-0.39, 0.29) is 24.0 Å². The Hall–Kier alpha value is -3.02. The van der Waals surface area contributed by atoms with Crippen LogP contribution in [0.3, 0.4) is 0 Å². The van der Waals surface area contributed by atoms with Crippen LogP contribution in [0.5, 0.6) is 0 Å². The average molecular weight is 356 g/mol. The first-order valence-electron chi connectivity index (χ1n) is 8.24. The Labute approximate surface area is 149 Å². The van der Waals surface area contributed by atoms with E-state index in [0.717, 1.165) is 11.3 Å². The molecule has 1 N–H and O–H groups in total. The summed E-state index contributed by atoms with van der Waals surface area (Å²) in [6.45, 7) is 2.21. The smallest absolute Gasteiger partial charge is 0.226 e. The fourth-order valence-electron chi connectivity index (χ4n) is 2.55. The molecule has 4 nitrogen and oxygen atoms in total. The number of oxazole rings is 1. The number of aromatic nitrogens is 1. The third kappa shape index (κ3) is 4.53. The van der Waals surface area contributed by atoms with Gasteiger partial charge in [0.2, 0.25) is 11.8 Å². The maximum absolute atomic E-state index is 13.0. The molecule has 0 unspecified atom stereocenters. The molecule has 26 heavy (non-hydrogen) atoms.